The largest absolute Gasteiger partial charge is 0.321 e. The van der Waals surface area contributed by atoms with Crippen molar-refractivity contribution in [3.05, 3.63) is 0 Å². The second-order valence-corrected chi connectivity index (χ2v) is 7.94. The van der Waals surface area contributed by atoms with Gasteiger partial charge in [0.05, 0.1) is 25.2 Å². The molecule has 0 spiro atoms. The topological polar surface area (TPSA) is 45.5 Å². The van der Waals surface area contributed by atoms with Gasteiger partial charge in [-0.05, 0) is 59.3 Å². The van der Waals surface area contributed by atoms with Crippen molar-refractivity contribution in [3.8, 4) is 6.07 Å². The fraction of sp³-hybridized carbons (Fsp3) is 0.938. The maximum absolute atomic E-state index is 8.71. The van der Waals surface area contributed by atoms with Gasteiger partial charge in [-0.3, -0.25) is 0 Å². The summed E-state index contributed by atoms with van der Waals surface area (Å²) in [6.45, 7) is 11.5. The minimum Gasteiger partial charge on any atom is -0.321 e. The van der Waals surface area contributed by atoms with Crippen LogP contribution in [0.2, 0.25) is 0 Å². The maximum Gasteiger partial charge on any atom is 0.259 e. The lowest BCUT2D eigenvalue weighted by Gasteiger charge is -2.38. The lowest BCUT2D eigenvalue weighted by Crippen LogP contribution is -2.35. The normalized spacial score (nSPS) is 24.5. The quantitative estimate of drug-likeness (QED) is 0.474. The second-order valence-electron chi connectivity index (χ2n) is 6.53. The molecule has 0 N–H and O–H groups in total. The zero-order valence-electron chi connectivity index (χ0n) is 14.2. The molecule has 1 aliphatic carbocycles. The average molecular weight is 314 g/mol. The van der Waals surface area contributed by atoms with E-state index >= 15 is 0 Å². The predicted molar refractivity (Wildman–Crippen MR) is 87.7 cm³/mol. The smallest absolute Gasteiger partial charge is 0.259 e. The predicted octanol–water partition coefficient (Wildman–Crippen LogP) is 4.86. The van der Waals surface area contributed by atoms with E-state index in [-0.39, 0.29) is 0 Å². The molecule has 0 aromatic heterocycles. The number of rotatable bonds is 8. The molecule has 0 aromatic rings. The van der Waals surface area contributed by atoms with E-state index in [2.05, 4.69) is 45.4 Å². The molecule has 21 heavy (non-hydrogen) atoms. The molecule has 1 atom stereocenters. The van der Waals surface area contributed by atoms with Crippen LogP contribution in [0.5, 0.6) is 0 Å². The Morgan fingerprint density at radius 1 is 1.14 bits per heavy atom. The van der Waals surface area contributed by atoms with Crippen LogP contribution in [-0.4, -0.2) is 29.5 Å². The SMILES string of the molecule is CC1CCC(OP(OCCC#N)N(C(C)C)C(C)C)CC1. The third kappa shape index (κ3) is 6.61. The van der Waals surface area contributed by atoms with Crippen LogP contribution in [0.15, 0.2) is 0 Å². The summed E-state index contributed by atoms with van der Waals surface area (Å²) in [5.74, 6) is 0.821. The van der Waals surface area contributed by atoms with Crippen molar-refractivity contribution in [1.82, 2.24) is 4.67 Å². The summed E-state index contributed by atoms with van der Waals surface area (Å²) in [5.41, 5.74) is 0. The molecule has 0 radical (unpaired) electrons. The second kappa shape index (κ2) is 9.74. The van der Waals surface area contributed by atoms with Gasteiger partial charge in [-0.25, -0.2) is 4.67 Å². The number of nitriles is 1. The molecule has 1 unspecified atom stereocenters. The Labute approximate surface area is 131 Å². The molecule has 1 saturated carbocycles. The van der Waals surface area contributed by atoms with Crippen LogP contribution in [0.1, 0.15) is 66.7 Å². The third-order valence-electron chi connectivity index (χ3n) is 3.86. The standard InChI is InChI=1S/C16H31N2O2P/c1-13(2)18(14(3)4)21(19-12-6-11-17)20-16-9-7-15(5)8-10-16/h13-16H,6-10,12H2,1-5H3. The molecule has 1 aliphatic rings. The van der Waals surface area contributed by atoms with Crippen LogP contribution < -0.4 is 0 Å². The van der Waals surface area contributed by atoms with Crippen LogP contribution in [0.4, 0.5) is 0 Å². The summed E-state index contributed by atoms with van der Waals surface area (Å²) in [7, 11) is -1.07. The molecular weight excluding hydrogens is 283 g/mol. The Balaban J connectivity index is 2.64. The van der Waals surface area contributed by atoms with E-state index in [0.717, 1.165) is 18.8 Å². The molecule has 0 bridgehead atoms. The Morgan fingerprint density at radius 3 is 2.19 bits per heavy atom. The van der Waals surface area contributed by atoms with Gasteiger partial charge >= 0.3 is 0 Å². The first-order valence-electron chi connectivity index (χ1n) is 8.20. The molecule has 0 amide bonds. The van der Waals surface area contributed by atoms with Gasteiger partial charge in [0.2, 0.25) is 0 Å². The van der Waals surface area contributed by atoms with Crippen molar-refractivity contribution in [3.63, 3.8) is 0 Å². The van der Waals surface area contributed by atoms with Gasteiger partial charge in [-0.1, -0.05) is 6.92 Å². The zero-order chi connectivity index (χ0) is 15.8. The first kappa shape index (κ1) is 18.8. The maximum atomic E-state index is 8.71. The van der Waals surface area contributed by atoms with Gasteiger partial charge in [0.15, 0.2) is 0 Å². The minimum absolute atomic E-state index is 0.314. The number of hydrogen-bond donors (Lipinski definition) is 0. The third-order valence-corrected chi connectivity index (χ3v) is 6.05. The fourth-order valence-corrected chi connectivity index (χ4v) is 4.53. The highest BCUT2D eigenvalue weighted by Crippen LogP contribution is 2.48. The first-order chi connectivity index (χ1) is 9.95. The molecule has 0 aromatic carbocycles. The van der Waals surface area contributed by atoms with Gasteiger partial charge in [-0.15, -0.1) is 0 Å². The van der Waals surface area contributed by atoms with E-state index in [0.29, 0.717) is 31.2 Å². The Kier molecular flexibility index (Phi) is 8.74. The average Bonchev–Trinajstić information content (AvgIpc) is 2.40. The van der Waals surface area contributed by atoms with Gasteiger partial charge in [0.25, 0.3) is 8.53 Å². The Morgan fingerprint density at radius 2 is 1.71 bits per heavy atom. The van der Waals surface area contributed by atoms with E-state index in [4.69, 9.17) is 14.3 Å². The molecule has 1 fully saturated rings. The zero-order valence-corrected chi connectivity index (χ0v) is 15.1. The highest BCUT2D eigenvalue weighted by Gasteiger charge is 2.31. The van der Waals surface area contributed by atoms with Crippen molar-refractivity contribution < 1.29 is 9.05 Å². The van der Waals surface area contributed by atoms with Crippen molar-refractivity contribution in [1.29, 1.82) is 5.26 Å². The van der Waals surface area contributed by atoms with E-state index in [9.17, 15) is 0 Å². The van der Waals surface area contributed by atoms with E-state index < -0.39 is 8.53 Å². The van der Waals surface area contributed by atoms with Crippen molar-refractivity contribution in [2.24, 2.45) is 5.92 Å². The van der Waals surface area contributed by atoms with Crippen molar-refractivity contribution in [2.45, 2.75) is 84.9 Å². The Hall–Kier alpha value is -0.200. The summed E-state index contributed by atoms with van der Waals surface area (Å²) in [4.78, 5) is 0. The molecule has 4 nitrogen and oxygen atoms in total. The van der Waals surface area contributed by atoms with Gasteiger partial charge < -0.3 is 9.05 Å². The lowest BCUT2D eigenvalue weighted by atomic mass is 9.89. The first-order valence-corrected chi connectivity index (χ1v) is 9.33. The van der Waals surface area contributed by atoms with Gasteiger partial charge in [0, 0.05) is 12.1 Å². The number of hydrogen-bond acceptors (Lipinski definition) is 4. The van der Waals surface area contributed by atoms with Crippen molar-refractivity contribution >= 4 is 8.53 Å². The van der Waals surface area contributed by atoms with E-state index in [1.165, 1.54) is 12.8 Å². The molecule has 1 rings (SSSR count). The molecule has 5 heteroatoms. The van der Waals surface area contributed by atoms with Crippen LogP contribution in [0.25, 0.3) is 0 Å². The van der Waals surface area contributed by atoms with E-state index in [1.807, 2.05) is 0 Å². The van der Waals surface area contributed by atoms with Gasteiger partial charge in [-0.2, -0.15) is 5.26 Å². The monoisotopic (exact) mass is 314 g/mol. The molecule has 0 aliphatic heterocycles. The van der Waals surface area contributed by atoms with Crippen LogP contribution in [-0.2, 0) is 9.05 Å². The summed E-state index contributed by atoms with van der Waals surface area (Å²) in [5, 5.41) is 8.71. The molecular formula is C16H31N2O2P. The van der Waals surface area contributed by atoms with Crippen LogP contribution in [0, 0.1) is 17.2 Å². The molecule has 0 heterocycles. The lowest BCUT2D eigenvalue weighted by molar-refractivity contribution is 0.0967. The number of nitrogens with zero attached hydrogens (tertiary/aromatic N) is 2. The summed E-state index contributed by atoms with van der Waals surface area (Å²) in [6, 6.07) is 2.89. The summed E-state index contributed by atoms with van der Waals surface area (Å²) in [6.07, 6.45) is 5.49. The van der Waals surface area contributed by atoms with Crippen molar-refractivity contribution in [2.75, 3.05) is 6.61 Å². The van der Waals surface area contributed by atoms with Gasteiger partial charge in [0.1, 0.15) is 0 Å². The summed E-state index contributed by atoms with van der Waals surface area (Å²) < 4.78 is 14.6. The highest BCUT2D eigenvalue weighted by atomic mass is 31.2. The highest BCUT2D eigenvalue weighted by molar-refractivity contribution is 7.44. The van der Waals surface area contributed by atoms with Crippen LogP contribution >= 0.6 is 8.53 Å². The molecule has 0 saturated heterocycles. The van der Waals surface area contributed by atoms with Crippen LogP contribution in [0.3, 0.4) is 0 Å². The Bertz CT molecular complexity index is 315. The van der Waals surface area contributed by atoms with E-state index in [1.54, 1.807) is 0 Å². The minimum atomic E-state index is -1.07. The molecule has 122 valence electrons. The summed E-state index contributed by atoms with van der Waals surface area (Å²) >= 11 is 0. The fourth-order valence-electron chi connectivity index (χ4n) is 2.76.